The Morgan fingerprint density at radius 2 is 2.17 bits per heavy atom. The Balaban J connectivity index is 2.64. The van der Waals surface area contributed by atoms with E-state index in [1.54, 1.807) is 12.1 Å². The largest absolute Gasteiger partial charge is 0.361 e. The van der Waals surface area contributed by atoms with E-state index in [-0.39, 0.29) is 0 Å². The number of rotatable bonds is 1. The quantitative estimate of drug-likeness (QED) is 0.665. The van der Waals surface area contributed by atoms with Crippen LogP contribution in [0.2, 0.25) is 4.34 Å². The van der Waals surface area contributed by atoms with Crippen molar-refractivity contribution in [2.75, 3.05) is 5.32 Å². The number of nitrogens with two attached hydrogens (primary N) is 1. The highest BCUT2D eigenvalue weighted by atomic mass is 35.5. The fourth-order valence-electron chi connectivity index (χ4n) is 0.555. The summed E-state index contributed by atoms with van der Waals surface area (Å²) in [6, 6.07) is 3.21. The van der Waals surface area contributed by atoms with Crippen molar-refractivity contribution in [3.8, 4) is 0 Å². The van der Waals surface area contributed by atoms with Gasteiger partial charge < -0.3 is 11.1 Å². The minimum atomic E-state index is -1.01. The third-order valence-corrected chi connectivity index (χ3v) is 2.18. The summed E-state index contributed by atoms with van der Waals surface area (Å²) in [7, 11) is 0. The molecule has 0 unspecified atom stereocenters. The number of thiophene rings is 1. The molecule has 0 aliphatic carbocycles. The second-order valence-corrected chi connectivity index (χ2v) is 3.64. The summed E-state index contributed by atoms with van der Waals surface area (Å²) >= 11 is 6.73. The fraction of sp³-hybridized carbons (Fsp3) is 0. The van der Waals surface area contributed by atoms with Crippen LogP contribution in [0.4, 0.5) is 5.00 Å². The molecule has 0 spiro atoms. The first-order chi connectivity index (χ1) is 5.59. The van der Waals surface area contributed by atoms with Crippen LogP contribution >= 0.6 is 22.9 Å². The molecule has 0 aliphatic rings. The average molecular weight is 205 g/mol. The number of halogens is 1. The summed E-state index contributed by atoms with van der Waals surface area (Å²) in [4.78, 5) is 21.0. The van der Waals surface area contributed by atoms with E-state index in [1.807, 2.05) is 0 Å². The van der Waals surface area contributed by atoms with Crippen LogP contribution in [0.15, 0.2) is 12.1 Å². The van der Waals surface area contributed by atoms with E-state index in [2.05, 4.69) is 5.32 Å². The summed E-state index contributed by atoms with van der Waals surface area (Å²) in [5, 5.41) is 2.79. The van der Waals surface area contributed by atoms with E-state index in [0.29, 0.717) is 9.34 Å². The highest BCUT2D eigenvalue weighted by Crippen LogP contribution is 2.25. The Bertz CT molecular complexity index is 323. The molecule has 0 aromatic carbocycles. The molecule has 64 valence electrons. The van der Waals surface area contributed by atoms with Crippen LogP contribution in [0.3, 0.4) is 0 Å². The first-order valence-corrected chi connectivity index (χ1v) is 4.15. The predicted octanol–water partition coefficient (Wildman–Crippen LogP) is 0.825. The summed E-state index contributed by atoms with van der Waals surface area (Å²) in [6.07, 6.45) is 0. The maximum Gasteiger partial charge on any atom is 0.314 e. The lowest BCUT2D eigenvalue weighted by Gasteiger charge is -1.95. The van der Waals surface area contributed by atoms with Crippen LogP contribution in [0.1, 0.15) is 0 Å². The van der Waals surface area contributed by atoms with Gasteiger partial charge in [-0.15, -0.1) is 11.3 Å². The predicted molar refractivity (Wildman–Crippen MR) is 47.2 cm³/mol. The van der Waals surface area contributed by atoms with Gasteiger partial charge in [0.25, 0.3) is 0 Å². The van der Waals surface area contributed by atoms with Crippen molar-refractivity contribution in [3.05, 3.63) is 16.5 Å². The molecule has 1 aromatic rings. The fourth-order valence-corrected chi connectivity index (χ4v) is 1.49. The topological polar surface area (TPSA) is 72.2 Å². The van der Waals surface area contributed by atoms with E-state index in [1.165, 1.54) is 0 Å². The molecule has 0 aliphatic heterocycles. The first kappa shape index (κ1) is 9.02. The van der Waals surface area contributed by atoms with Gasteiger partial charge in [0.05, 0.1) is 9.34 Å². The molecule has 0 radical (unpaired) electrons. The van der Waals surface area contributed by atoms with Crippen molar-refractivity contribution < 1.29 is 9.59 Å². The van der Waals surface area contributed by atoms with Gasteiger partial charge in [0.15, 0.2) is 0 Å². The monoisotopic (exact) mass is 204 g/mol. The zero-order chi connectivity index (χ0) is 9.14. The Kier molecular flexibility index (Phi) is 2.67. The van der Waals surface area contributed by atoms with Gasteiger partial charge in [0.2, 0.25) is 0 Å². The highest BCUT2D eigenvalue weighted by molar-refractivity contribution is 7.20. The van der Waals surface area contributed by atoms with Gasteiger partial charge in [0, 0.05) is 0 Å². The Labute approximate surface area is 77.3 Å². The van der Waals surface area contributed by atoms with Gasteiger partial charge in [-0.1, -0.05) is 11.6 Å². The molecule has 4 nitrogen and oxygen atoms in total. The lowest BCUT2D eigenvalue weighted by Crippen LogP contribution is -2.29. The summed E-state index contributed by atoms with van der Waals surface area (Å²) < 4.78 is 0.537. The minimum Gasteiger partial charge on any atom is -0.361 e. The molecule has 0 saturated heterocycles. The highest BCUT2D eigenvalue weighted by Gasteiger charge is 2.09. The lowest BCUT2D eigenvalue weighted by atomic mass is 10.5. The number of primary amides is 1. The number of anilines is 1. The van der Waals surface area contributed by atoms with E-state index < -0.39 is 11.8 Å². The van der Waals surface area contributed by atoms with Gasteiger partial charge in [-0.3, -0.25) is 9.59 Å². The smallest absolute Gasteiger partial charge is 0.314 e. The zero-order valence-electron chi connectivity index (χ0n) is 5.83. The molecule has 6 heteroatoms. The zero-order valence-corrected chi connectivity index (χ0v) is 7.41. The molecule has 0 saturated carbocycles. The van der Waals surface area contributed by atoms with Gasteiger partial charge in [-0.05, 0) is 12.1 Å². The average Bonchev–Trinajstić information content (AvgIpc) is 2.35. The number of carbonyl (C=O) groups is 2. The van der Waals surface area contributed by atoms with Gasteiger partial charge in [-0.25, -0.2) is 0 Å². The molecule has 0 atom stereocenters. The SMILES string of the molecule is NC(=O)C(=O)Nc1ccc(Cl)s1. The van der Waals surface area contributed by atoms with Gasteiger partial charge >= 0.3 is 11.8 Å². The van der Waals surface area contributed by atoms with Crippen LogP contribution in [0, 0.1) is 0 Å². The van der Waals surface area contributed by atoms with Crippen LogP contribution in [0.25, 0.3) is 0 Å². The van der Waals surface area contributed by atoms with Crippen LogP contribution < -0.4 is 11.1 Å². The molecule has 0 fully saturated rings. The molecule has 1 heterocycles. The second-order valence-electron chi connectivity index (χ2n) is 1.92. The number of amides is 2. The van der Waals surface area contributed by atoms with E-state index in [0.717, 1.165) is 11.3 Å². The van der Waals surface area contributed by atoms with Crippen molar-refractivity contribution in [2.24, 2.45) is 5.73 Å². The third kappa shape index (κ3) is 2.21. The van der Waals surface area contributed by atoms with Gasteiger partial charge in [0.1, 0.15) is 0 Å². The molecule has 1 aromatic heterocycles. The molecular formula is C6H5ClN2O2S. The Morgan fingerprint density at radius 3 is 2.58 bits per heavy atom. The first-order valence-electron chi connectivity index (χ1n) is 2.95. The Hall–Kier alpha value is -1.07. The third-order valence-electron chi connectivity index (χ3n) is 1.03. The number of carbonyl (C=O) groups excluding carboxylic acids is 2. The van der Waals surface area contributed by atoms with Crippen molar-refractivity contribution in [3.63, 3.8) is 0 Å². The molecular weight excluding hydrogens is 200 g/mol. The molecule has 12 heavy (non-hydrogen) atoms. The number of nitrogens with one attached hydrogen (secondary N) is 1. The van der Waals surface area contributed by atoms with Crippen LogP contribution in [0.5, 0.6) is 0 Å². The molecule has 3 N–H and O–H groups in total. The van der Waals surface area contributed by atoms with Crippen LogP contribution in [-0.2, 0) is 9.59 Å². The van der Waals surface area contributed by atoms with Crippen LogP contribution in [-0.4, -0.2) is 11.8 Å². The normalized spacial score (nSPS) is 9.42. The van der Waals surface area contributed by atoms with E-state index >= 15 is 0 Å². The lowest BCUT2D eigenvalue weighted by molar-refractivity contribution is -0.134. The Morgan fingerprint density at radius 1 is 1.50 bits per heavy atom. The maximum atomic E-state index is 10.7. The van der Waals surface area contributed by atoms with Crippen molar-refractivity contribution in [2.45, 2.75) is 0 Å². The standard InChI is InChI=1S/C6H5ClN2O2S/c7-3-1-2-4(12-3)9-6(11)5(8)10/h1-2H,(H2,8,10)(H,9,11). The van der Waals surface area contributed by atoms with Gasteiger partial charge in [-0.2, -0.15) is 0 Å². The van der Waals surface area contributed by atoms with Crippen molar-refractivity contribution in [1.82, 2.24) is 0 Å². The summed E-state index contributed by atoms with van der Waals surface area (Å²) in [5.74, 6) is -1.85. The summed E-state index contributed by atoms with van der Waals surface area (Å²) in [5.41, 5.74) is 4.71. The van der Waals surface area contributed by atoms with E-state index in [9.17, 15) is 9.59 Å². The minimum absolute atomic E-state index is 0.504. The van der Waals surface area contributed by atoms with Crippen molar-refractivity contribution in [1.29, 1.82) is 0 Å². The molecule has 0 bridgehead atoms. The second kappa shape index (κ2) is 3.55. The number of hydrogen-bond acceptors (Lipinski definition) is 3. The number of hydrogen-bond donors (Lipinski definition) is 2. The molecule has 1 rings (SSSR count). The van der Waals surface area contributed by atoms with E-state index in [4.69, 9.17) is 17.3 Å². The van der Waals surface area contributed by atoms with Crippen molar-refractivity contribution >= 4 is 39.8 Å². The maximum absolute atomic E-state index is 10.7. The summed E-state index contributed by atoms with van der Waals surface area (Å²) in [6.45, 7) is 0. The molecule has 2 amide bonds.